The minimum atomic E-state index is -0.678. The third kappa shape index (κ3) is 1.80. The molecule has 19 heavy (non-hydrogen) atoms. The number of hydrogen-bond donors (Lipinski definition) is 1. The van der Waals surface area contributed by atoms with Gasteiger partial charge in [-0.2, -0.15) is 0 Å². The zero-order valence-corrected chi connectivity index (χ0v) is 9.91. The predicted octanol–water partition coefficient (Wildman–Crippen LogP) is 1.66. The Morgan fingerprint density at radius 3 is 2.63 bits per heavy atom. The van der Waals surface area contributed by atoms with Crippen LogP contribution in [-0.4, -0.2) is 27.1 Å². The Morgan fingerprint density at radius 1 is 1.05 bits per heavy atom. The first kappa shape index (κ1) is 11.6. The molecule has 0 saturated carbocycles. The number of rotatable bonds is 2. The van der Waals surface area contributed by atoms with Gasteiger partial charge in [0.2, 0.25) is 0 Å². The van der Waals surface area contributed by atoms with Gasteiger partial charge in [0.05, 0.1) is 11.1 Å². The van der Waals surface area contributed by atoms with Crippen molar-refractivity contribution in [3.05, 3.63) is 65.0 Å². The normalized spacial score (nSPS) is 13.8. The fourth-order valence-electron chi connectivity index (χ4n) is 2.19. The summed E-state index contributed by atoms with van der Waals surface area (Å²) in [5.41, 5.74) is 1.99. The molecular formula is C14H10N2O3. The second-order valence-corrected chi connectivity index (χ2v) is 4.26. The molecule has 0 spiro atoms. The van der Waals surface area contributed by atoms with Crippen molar-refractivity contribution in [1.82, 2.24) is 10.0 Å². The number of hydroxylamine groups is 2. The molecule has 0 unspecified atom stereocenters. The molecule has 1 aromatic carbocycles. The molecule has 0 bridgehead atoms. The molecule has 1 aliphatic heterocycles. The highest BCUT2D eigenvalue weighted by molar-refractivity contribution is 6.21. The van der Waals surface area contributed by atoms with E-state index in [0.29, 0.717) is 12.0 Å². The zero-order valence-electron chi connectivity index (χ0n) is 9.91. The third-order valence-electron chi connectivity index (χ3n) is 3.08. The lowest BCUT2D eigenvalue weighted by molar-refractivity contribution is -0.0327. The molecule has 1 aromatic heterocycles. The van der Waals surface area contributed by atoms with Gasteiger partial charge in [-0.05, 0) is 23.8 Å². The lowest BCUT2D eigenvalue weighted by Crippen LogP contribution is -2.25. The number of fused-ring (bicyclic) bond motifs is 1. The van der Waals surface area contributed by atoms with E-state index in [0.717, 1.165) is 5.69 Å². The molecule has 0 fully saturated rings. The molecule has 0 radical (unpaired) electrons. The number of imide groups is 1. The van der Waals surface area contributed by atoms with Crippen molar-refractivity contribution in [1.29, 1.82) is 0 Å². The summed E-state index contributed by atoms with van der Waals surface area (Å²) in [6.07, 6.45) is 2.11. The van der Waals surface area contributed by atoms with E-state index in [2.05, 4.69) is 4.98 Å². The summed E-state index contributed by atoms with van der Waals surface area (Å²) in [6.45, 7) is 0. The summed E-state index contributed by atoms with van der Waals surface area (Å²) in [7, 11) is 0. The summed E-state index contributed by atoms with van der Waals surface area (Å²) in [4.78, 5) is 27.7. The predicted molar refractivity (Wildman–Crippen MR) is 65.8 cm³/mol. The Balaban J connectivity index is 2.06. The molecule has 2 amide bonds. The van der Waals surface area contributed by atoms with Crippen LogP contribution in [0.5, 0.6) is 0 Å². The summed E-state index contributed by atoms with van der Waals surface area (Å²) >= 11 is 0. The molecule has 5 nitrogen and oxygen atoms in total. The van der Waals surface area contributed by atoms with Gasteiger partial charge in [-0.3, -0.25) is 19.8 Å². The first-order chi connectivity index (χ1) is 9.18. The maximum Gasteiger partial charge on any atom is 0.285 e. The average molecular weight is 254 g/mol. The number of hydrogen-bond acceptors (Lipinski definition) is 4. The SMILES string of the molecule is O=C1c2cccc(Cc3ccccn3)c2C(=O)N1O. The van der Waals surface area contributed by atoms with Crippen LogP contribution in [-0.2, 0) is 6.42 Å². The van der Waals surface area contributed by atoms with E-state index in [1.54, 1.807) is 18.3 Å². The van der Waals surface area contributed by atoms with E-state index >= 15 is 0 Å². The highest BCUT2D eigenvalue weighted by Gasteiger charge is 2.36. The number of nitrogens with zero attached hydrogens (tertiary/aromatic N) is 2. The molecule has 94 valence electrons. The first-order valence-corrected chi connectivity index (χ1v) is 5.78. The van der Waals surface area contributed by atoms with E-state index in [1.807, 2.05) is 18.2 Å². The van der Waals surface area contributed by atoms with E-state index in [-0.39, 0.29) is 16.2 Å². The van der Waals surface area contributed by atoms with Crippen molar-refractivity contribution in [3.8, 4) is 0 Å². The molecule has 0 aliphatic carbocycles. The second kappa shape index (κ2) is 4.29. The maximum atomic E-state index is 11.9. The van der Waals surface area contributed by atoms with E-state index in [9.17, 15) is 14.8 Å². The van der Waals surface area contributed by atoms with E-state index in [1.165, 1.54) is 6.07 Å². The van der Waals surface area contributed by atoms with E-state index < -0.39 is 11.8 Å². The number of carbonyl (C=O) groups excluding carboxylic acids is 2. The average Bonchev–Trinajstić information content (AvgIpc) is 2.66. The third-order valence-corrected chi connectivity index (χ3v) is 3.08. The number of carbonyl (C=O) groups is 2. The number of aromatic nitrogens is 1. The number of benzene rings is 1. The van der Waals surface area contributed by atoms with Crippen LogP contribution >= 0.6 is 0 Å². The molecule has 0 saturated heterocycles. The molecular weight excluding hydrogens is 244 g/mol. The summed E-state index contributed by atoms with van der Waals surface area (Å²) in [5.74, 6) is -1.35. The Labute approximate surface area is 109 Å². The van der Waals surface area contributed by atoms with Gasteiger partial charge in [-0.1, -0.05) is 18.2 Å². The van der Waals surface area contributed by atoms with Crippen molar-refractivity contribution >= 4 is 11.8 Å². The second-order valence-electron chi connectivity index (χ2n) is 4.26. The van der Waals surface area contributed by atoms with Gasteiger partial charge in [0, 0.05) is 18.3 Å². The van der Waals surface area contributed by atoms with Crippen LogP contribution in [0.4, 0.5) is 0 Å². The quantitative estimate of drug-likeness (QED) is 0.653. The summed E-state index contributed by atoms with van der Waals surface area (Å²) in [5, 5.41) is 9.56. The van der Waals surface area contributed by atoms with Gasteiger partial charge in [0.15, 0.2) is 0 Å². The molecule has 2 heterocycles. The van der Waals surface area contributed by atoms with Crippen molar-refractivity contribution in [2.45, 2.75) is 6.42 Å². The number of amides is 2. The summed E-state index contributed by atoms with van der Waals surface area (Å²) < 4.78 is 0. The Hall–Kier alpha value is -2.53. The fourth-order valence-corrected chi connectivity index (χ4v) is 2.19. The van der Waals surface area contributed by atoms with Crippen LogP contribution in [0.3, 0.4) is 0 Å². The lowest BCUT2D eigenvalue weighted by atomic mass is 9.99. The topological polar surface area (TPSA) is 70.5 Å². The Kier molecular flexibility index (Phi) is 2.61. The van der Waals surface area contributed by atoms with Crippen LogP contribution in [0.2, 0.25) is 0 Å². The van der Waals surface area contributed by atoms with Crippen molar-refractivity contribution in [2.75, 3.05) is 0 Å². The van der Waals surface area contributed by atoms with Crippen LogP contribution < -0.4 is 0 Å². The van der Waals surface area contributed by atoms with Crippen molar-refractivity contribution in [3.63, 3.8) is 0 Å². The van der Waals surface area contributed by atoms with Gasteiger partial charge in [-0.25, -0.2) is 0 Å². The summed E-state index contributed by atoms with van der Waals surface area (Å²) in [6, 6.07) is 10.5. The zero-order chi connectivity index (χ0) is 13.4. The van der Waals surface area contributed by atoms with Gasteiger partial charge < -0.3 is 0 Å². The first-order valence-electron chi connectivity index (χ1n) is 5.78. The van der Waals surface area contributed by atoms with Gasteiger partial charge in [0.25, 0.3) is 11.8 Å². The largest absolute Gasteiger partial charge is 0.285 e. The standard InChI is InChI=1S/C14H10N2O3/c17-13-11-6-3-4-9(12(11)14(18)16(13)19)8-10-5-1-2-7-15-10/h1-7,19H,8H2. The van der Waals surface area contributed by atoms with Crippen molar-refractivity contribution in [2.24, 2.45) is 0 Å². The van der Waals surface area contributed by atoms with Crippen LogP contribution in [0.25, 0.3) is 0 Å². The highest BCUT2D eigenvalue weighted by Crippen LogP contribution is 2.26. The molecule has 0 atom stereocenters. The molecule has 2 aromatic rings. The van der Waals surface area contributed by atoms with E-state index in [4.69, 9.17) is 0 Å². The van der Waals surface area contributed by atoms with Crippen LogP contribution in [0.15, 0.2) is 42.6 Å². The smallest absolute Gasteiger partial charge is 0.278 e. The maximum absolute atomic E-state index is 11.9. The molecule has 3 rings (SSSR count). The van der Waals surface area contributed by atoms with Crippen molar-refractivity contribution < 1.29 is 14.8 Å². The van der Waals surface area contributed by atoms with Gasteiger partial charge in [0.1, 0.15) is 0 Å². The minimum absolute atomic E-state index is 0.159. The van der Waals surface area contributed by atoms with Gasteiger partial charge in [-0.15, -0.1) is 5.06 Å². The number of pyridine rings is 1. The van der Waals surface area contributed by atoms with Crippen LogP contribution in [0, 0.1) is 0 Å². The van der Waals surface area contributed by atoms with Crippen LogP contribution in [0.1, 0.15) is 32.0 Å². The minimum Gasteiger partial charge on any atom is -0.278 e. The highest BCUT2D eigenvalue weighted by atomic mass is 16.5. The molecule has 1 N–H and O–H groups in total. The Bertz CT molecular complexity index is 668. The monoisotopic (exact) mass is 254 g/mol. The Morgan fingerprint density at radius 2 is 1.89 bits per heavy atom. The molecule has 5 heteroatoms. The lowest BCUT2D eigenvalue weighted by Gasteiger charge is -2.05. The van der Waals surface area contributed by atoms with Gasteiger partial charge >= 0.3 is 0 Å². The fraction of sp³-hybridized carbons (Fsp3) is 0.0714. The molecule has 1 aliphatic rings.